The monoisotopic (exact) mass is 579 g/mol. The van der Waals surface area contributed by atoms with Gasteiger partial charge in [-0.3, -0.25) is 14.4 Å². The van der Waals surface area contributed by atoms with Gasteiger partial charge in [0.1, 0.15) is 11.8 Å². The van der Waals surface area contributed by atoms with E-state index in [2.05, 4.69) is 10.6 Å². The number of aromatic hydroxyl groups is 1. The first-order valence-corrected chi connectivity index (χ1v) is 13.7. The summed E-state index contributed by atoms with van der Waals surface area (Å²) >= 11 is 0. The number of phenols is 1. The number of aliphatic hydroxyl groups is 1. The zero-order chi connectivity index (χ0) is 30.6. The highest BCUT2D eigenvalue weighted by Gasteiger charge is 2.57. The Balaban J connectivity index is 1.59. The first kappa shape index (κ1) is 30.6. The van der Waals surface area contributed by atoms with Gasteiger partial charge in [-0.15, -0.1) is 0 Å². The SMILES string of the molecule is Cc1ccccc1CNC(=O)[C@@H]1C(C)C(F)(F)CN1C(=O)[C@@H](O)[C@H](Cc1ccccc1)NC(=O)c1cccc(O)c1C. The molecule has 1 aliphatic heterocycles. The second-order valence-electron chi connectivity index (χ2n) is 10.8. The number of hydrogen-bond donors (Lipinski definition) is 4. The summed E-state index contributed by atoms with van der Waals surface area (Å²) in [4.78, 5) is 40.8. The largest absolute Gasteiger partial charge is 0.508 e. The zero-order valence-electron chi connectivity index (χ0n) is 23.7. The van der Waals surface area contributed by atoms with Crippen molar-refractivity contribution < 1.29 is 33.4 Å². The van der Waals surface area contributed by atoms with Crippen molar-refractivity contribution in [3.05, 3.63) is 101 Å². The molecule has 3 amide bonds. The third-order valence-electron chi connectivity index (χ3n) is 7.92. The number of aryl methyl sites for hydroxylation is 1. The predicted octanol–water partition coefficient (Wildman–Crippen LogP) is 3.51. The Bertz CT molecular complexity index is 1450. The average molecular weight is 580 g/mol. The van der Waals surface area contributed by atoms with E-state index in [9.17, 15) is 33.4 Å². The van der Waals surface area contributed by atoms with Crippen LogP contribution in [0.3, 0.4) is 0 Å². The molecule has 0 aromatic heterocycles. The van der Waals surface area contributed by atoms with Crippen LogP contribution in [0.2, 0.25) is 0 Å². The van der Waals surface area contributed by atoms with E-state index in [0.717, 1.165) is 11.1 Å². The van der Waals surface area contributed by atoms with Gasteiger partial charge in [0.15, 0.2) is 6.10 Å². The van der Waals surface area contributed by atoms with Crippen LogP contribution in [-0.4, -0.2) is 63.5 Å². The summed E-state index contributed by atoms with van der Waals surface area (Å²) in [6.45, 7) is 3.64. The van der Waals surface area contributed by atoms with Crippen LogP contribution in [0.1, 0.15) is 39.5 Å². The number of alkyl halides is 2. The first-order chi connectivity index (χ1) is 19.9. The lowest BCUT2D eigenvalue weighted by Crippen LogP contribution is -2.56. The maximum atomic E-state index is 15.0. The van der Waals surface area contributed by atoms with Gasteiger partial charge < -0.3 is 25.7 Å². The lowest BCUT2D eigenvalue weighted by atomic mass is 9.97. The zero-order valence-corrected chi connectivity index (χ0v) is 23.7. The van der Waals surface area contributed by atoms with E-state index < -0.39 is 54.3 Å². The maximum Gasteiger partial charge on any atom is 0.270 e. The Morgan fingerprint density at radius 2 is 1.67 bits per heavy atom. The van der Waals surface area contributed by atoms with Crippen molar-refractivity contribution in [3.8, 4) is 5.75 Å². The molecule has 0 saturated carbocycles. The highest BCUT2D eigenvalue weighted by atomic mass is 19.3. The van der Waals surface area contributed by atoms with Gasteiger partial charge >= 0.3 is 0 Å². The van der Waals surface area contributed by atoms with E-state index in [4.69, 9.17) is 0 Å². The molecular weight excluding hydrogens is 544 g/mol. The second-order valence-corrected chi connectivity index (χ2v) is 10.8. The number of phenolic OH excluding ortho intramolecular Hbond substituents is 1. The molecular formula is C32H35F2N3O5. The minimum Gasteiger partial charge on any atom is -0.508 e. The highest BCUT2D eigenvalue weighted by Crippen LogP contribution is 2.38. The number of nitrogens with zero attached hydrogens (tertiary/aromatic N) is 1. The average Bonchev–Trinajstić information content (AvgIpc) is 3.21. The second kappa shape index (κ2) is 12.7. The number of nitrogens with one attached hydrogen (secondary N) is 2. The Hall–Kier alpha value is -4.31. The van der Waals surface area contributed by atoms with Crippen LogP contribution in [-0.2, 0) is 22.6 Å². The van der Waals surface area contributed by atoms with Gasteiger partial charge in [-0.2, -0.15) is 0 Å². The Morgan fingerprint density at radius 1 is 1.00 bits per heavy atom. The van der Waals surface area contributed by atoms with Crippen molar-refractivity contribution in [2.45, 2.75) is 57.8 Å². The van der Waals surface area contributed by atoms with Crippen LogP contribution in [0.4, 0.5) is 8.78 Å². The fourth-order valence-corrected chi connectivity index (χ4v) is 5.22. The van der Waals surface area contributed by atoms with E-state index in [1.165, 1.54) is 25.1 Å². The quantitative estimate of drug-likeness (QED) is 0.310. The van der Waals surface area contributed by atoms with Crippen LogP contribution in [0.25, 0.3) is 0 Å². The van der Waals surface area contributed by atoms with Gasteiger partial charge in [0.05, 0.1) is 18.5 Å². The molecule has 42 heavy (non-hydrogen) atoms. The van der Waals surface area contributed by atoms with Crippen molar-refractivity contribution in [1.29, 1.82) is 0 Å². The van der Waals surface area contributed by atoms with E-state index in [0.29, 0.717) is 16.0 Å². The molecule has 222 valence electrons. The van der Waals surface area contributed by atoms with E-state index in [1.807, 2.05) is 19.1 Å². The fraction of sp³-hybridized carbons (Fsp3) is 0.344. The van der Waals surface area contributed by atoms with Crippen LogP contribution >= 0.6 is 0 Å². The third kappa shape index (κ3) is 6.60. The number of carbonyl (C=O) groups excluding carboxylic acids is 3. The molecule has 4 N–H and O–H groups in total. The minimum absolute atomic E-state index is 0.00127. The lowest BCUT2D eigenvalue weighted by Gasteiger charge is -2.31. The number of amides is 3. The molecule has 8 nitrogen and oxygen atoms in total. The van der Waals surface area contributed by atoms with E-state index >= 15 is 0 Å². The molecule has 1 fully saturated rings. The Labute approximate surface area is 243 Å². The number of aliphatic hydroxyl groups excluding tert-OH is 1. The number of carbonyl (C=O) groups is 3. The van der Waals surface area contributed by atoms with Gasteiger partial charge in [0, 0.05) is 17.7 Å². The van der Waals surface area contributed by atoms with Gasteiger partial charge in [0.25, 0.3) is 17.7 Å². The van der Waals surface area contributed by atoms with Crippen LogP contribution in [0, 0.1) is 19.8 Å². The summed E-state index contributed by atoms with van der Waals surface area (Å²) in [7, 11) is 0. The molecule has 4 rings (SSSR count). The standard InChI is InChI=1S/C32H35F2N3O5/c1-19-10-7-8-13-23(19)17-35-30(41)27-21(3)32(33,34)18-37(27)31(42)28(39)25(16-22-11-5-4-6-12-22)36-29(40)24-14-9-15-26(38)20(24)2/h4-15,21,25,27-28,38-39H,16-18H2,1-3H3,(H,35,41)(H,36,40)/t21?,25-,27-,28-/m0/s1. The molecule has 3 aromatic rings. The summed E-state index contributed by atoms with van der Waals surface area (Å²) in [5, 5.41) is 26.6. The third-order valence-corrected chi connectivity index (χ3v) is 7.92. The smallest absolute Gasteiger partial charge is 0.270 e. The van der Waals surface area contributed by atoms with Crippen molar-refractivity contribution in [3.63, 3.8) is 0 Å². The van der Waals surface area contributed by atoms with Gasteiger partial charge in [-0.05, 0) is 49.1 Å². The van der Waals surface area contributed by atoms with Crippen molar-refractivity contribution >= 4 is 17.7 Å². The molecule has 0 bridgehead atoms. The summed E-state index contributed by atoms with van der Waals surface area (Å²) in [6, 6.07) is 17.7. The number of hydrogen-bond acceptors (Lipinski definition) is 5. The number of halogens is 2. The fourth-order valence-electron chi connectivity index (χ4n) is 5.22. The summed E-state index contributed by atoms with van der Waals surface area (Å²) in [6.07, 6.45) is -1.94. The molecule has 0 radical (unpaired) electrons. The van der Waals surface area contributed by atoms with Gasteiger partial charge in [-0.25, -0.2) is 8.78 Å². The molecule has 10 heteroatoms. The summed E-state index contributed by atoms with van der Waals surface area (Å²) in [5.74, 6) is -7.51. The van der Waals surface area contributed by atoms with E-state index in [-0.39, 0.29) is 24.3 Å². The van der Waals surface area contributed by atoms with Crippen LogP contribution in [0.5, 0.6) is 5.75 Å². The van der Waals surface area contributed by atoms with Crippen molar-refractivity contribution in [2.24, 2.45) is 5.92 Å². The lowest BCUT2D eigenvalue weighted by molar-refractivity contribution is -0.147. The molecule has 1 saturated heterocycles. The van der Waals surface area contributed by atoms with E-state index in [1.54, 1.807) is 49.4 Å². The van der Waals surface area contributed by atoms with Gasteiger partial charge in [-0.1, -0.05) is 67.6 Å². The van der Waals surface area contributed by atoms with Crippen LogP contribution < -0.4 is 10.6 Å². The normalized spacial score (nSPS) is 19.1. The van der Waals surface area contributed by atoms with Crippen molar-refractivity contribution in [1.82, 2.24) is 15.5 Å². The first-order valence-electron chi connectivity index (χ1n) is 13.7. The summed E-state index contributed by atoms with van der Waals surface area (Å²) in [5.41, 5.74) is 2.81. The molecule has 1 aliphatic rings. The number of likely N-dealkylation sites (tertiary alicyclic amines) is 1. The molecule has 0 spiro atoms. The Morgan fingerprint density at radius 3 is 2.36 bits per heavy atom. The molecule has 3 aromatic carbocycles. The highest BCUT2D eigenvalue weighted by molar-refractivity contribution is 5.97. The van der Waals surface area contributed by atoms with Crippen molar-refractivity contribution in [2.75, 3.05) is 6.54 Å². The topological polar surface area (TPSA) is 119 Å². The molecule has 0 aliphatic carbocycles. The van der Waals surface area contributed by atoms with Gasteiger partial charge in [0.2, 0.25) is 5.91 Å². The molecule has 1 unspecified atom stereocenters. The molecule has 4 atom stereocenters. The maximum absolute atomic E-state index is 15.0. The molecule has 1 heterocycles. The number of rotatable bonds is 9. The van der Waals surface area contributed by atoms with Crippen LogP contribution in [0.15, 0.2) is 72.8 Å². The minimum atomic E-state index is -3.38. The number of benzene rings is 3. The predicted molar refractivity (Wildman–Crippen MR) is 153 cm³/mol. The Kier molecular flexibility index (Phi) is 9.26. The summed E-state index contributed by atoms with van der Waals surface area (Å²) < 4.78 is 29.9.